The van der Waals surface area contributed by atoms with Crippen molar-refractivity contribution in [1.82, 2.24) is 0 Å². The van der Waals surface area contributed by atoms with E-state index in [1.165, 1.54) is 0 Å². The second-order valence-corrected chi connectivity index (χ2v) is 7.99. The smallest absolute Gasteiger partial charge is 0.235 e. The fourth-order valence-corrected chi connectivity index (χ4v) is 3.99. The van der Waals surface area contributed by atoms with E-state index in [1.54, 1.807) is 0 Å². The number of carbonyl (C=O) groups is 1. The summed E-state index contributed by atoms with van der Waals surface area (Å²) in [5.74, 6) is 1.43. The summed E-state index contributed by atoms with van der Waals surface area (Å²) in [4.78, 5) is 13.3. The van der Waals surface area contributed by atoms with Gasteiger partial charge >= 0.3 is 0 Å². The molecule has 152 valence electrons. The Balaban J connectivity index is 1.42. The van der Waals surface area contributed by atoms with Crippen molar-refractivity contribution in [2.24, 2.45) is 0 Å². The third kappa shape index (κ3) is 3.21. The standard InChI is InChI=1S/C25H23NO4/c1-16-5-6-19(18-4-2-3-17(11-18)14-27)12-21(16)26-24(28)25(9-10-25)20-7-8-22-23(13-20)30-15-29-22/h2-8,11-13,27H,9-10,14-15H2,1H3,(H,26,28). The Labute approximate surface area is 175 Å². The van der Waals surface area contributed by atoms with Gasteiger partial charge in [-0.2, -0.15) is 0 Å². The van der Waals surface area contributed by atoms with Crippen LogP contribution in [0.25, 0.3) is 11.1 Å². The molecule has 0 aromatic heterocycles. The Bertz CT molecular complexity index is 1130. The average Bonchev–Trinajstić information content (AvgIpc) is 3.46. The van der Waals surface area contributed by atoms with Crippen molar-refractivity contribution < 1.29 is 19.4 Å². The topological polar surface area (TPSA) is 67.8 Å². The van der Waals surface area contributed by atoms with Crippen molar-refractivity contribution in [2.45, 2.75) is 31.8 Å². The molecule has 2 aliphatic rings. The van der Waals surface area contributed by atoms with E-state index < -0.39 is 5.41 Å². The van der Waals surface area contributed by atoms with E-state index in [-0.39, 0.29) is 19.3 Å². The summed E-state index contributed by atoms with van der Waals surface area (Å²) in [5.41, 5.74) is 5.13. The van der Waals surface area contributed by atoms with Gasteiger partial charge in [0.25, 0.3) is 0 Å². The van der Waals surface area contributed by atoms with E-state index in [9.17, 15) is 9.90 Å². The van der Waals surface area contributed by atoms with Crippen LogP contribution < -0.4 is 14.8 Å². The van der Waals surface area contributed by atoms with Crippen molar-refractivity contribution in [3.05, 3.63) is 77.4 Å². The molecule has 3 aromatic rings. The fourth-order valence-electron chi connectivity index (χ4n) is 3.99. The fraction of sp³-hybridized carbons (Fsp3) is 0.240. The van der Waals surface area contributed by atoms with Crippen LogP contribution >= 0.6 is 0 Å². The molecule has 0 radical (unpaired) electrons. The second kappa shape index (κ2) is 7.18. The largest absolute Gasteiger partial charge is 0.454 e. The highest BCUT2D eigenvalue weighted by atomic mass is 16.7. The minimum Gasteiger partial charge on any atom is -0.454 e. The number of nitrogens with one attached hydrogen (secondary N) is 1. The van der Waals surface area contributed by atoms with Crippen LogP contribution in [0.2, 0.25) is 0 Å². The van der Waals surface area contributed by atoms with Gasteiger partial charge in [-0.25, -0.2) is 0 Å². The van der Waals surface area contributed by atoms with Gasteiger partial charge in [0, 0.05) is 5.69 Å². The summed E-state index contributed by atoms with van der Waals surface area (Å²) in [6.45, 7) is 2.21. The van der Waals surface area contributed by atoms with Crippen LogP contribution in [-0.4, -0.2) is 17.8 Å². The molecule has 0 saturated heterocycles. The first kappa shape index (κ1) is 18.7. The number of aliphatic hydroxyl groups is 1. The molecule has 1 saturated carbocycles. The number of ether oxygens (including phenoxy) is 2. The lowest BCUT2D eigenvalue weighted by Gasteiger charge is -2.18. The van der Waals surface area contributed by atoms with Crippen LogP contribution in [0.3, 0.4) is 0 Å². The van der Waals surface area contributed by atoms with Crippen LogP contribution in [0.15, 0.2) is 60.7 Å². The Hall–Kier alpha value is -3.31. The van der Waals surface area contributed by atoms with Gasteiger partial charge in [-0.1, -0.05) is 36.4 Å². The zero-order valence-corrected chi connectivity index (χ0v) is 16.8. The molecule has 1 heterocycles. The van der Waals surface area contributed by atoms with E-state index in [4.69, 9.17) is 9.47 Å². The SMILES string of the molecule is Cc1ccc(-c2cccc(CO)c2)cc1NC(=O)C1(c2ccc3c(c2)OCO3)CC1. The van der Waals surface area contributed by atoms with Crippen LogP contribution in [0.4, 0.5) is 5.69 Å². The number of aryl methyl sites for hydroxylation is 1. The van der Waals surface area contributed by atoms with Crippen LogP contribution in [0, 0.1) is 6.92 Å². The molecule has 30 heavy (non-hydrogen) atoms. The van der Waals surface area contributed by atoms with Gasteiger partial charge in [-0.3, -0.25) is 4.79 Å². The molecule has 2 N–H and O–H groups in total. The molecule has 1 amide bonds. The lowest BCUT2D eigenvalue weighted by Crippen LogP contribution is -2.28. The van der Waals surface area contributed by atoms with Crippen molar-refractivity contribution in [2.75, 3.05) is 12.1 Å². The Morgan fingerprint density at radius 3 is 2.60 bits per heavy atom. The first-order valence-electron chi connectivity index (χ1n) is 10.1. The first-order valence-corrected chi connectivity index (χ1v) is 10.1. The van der Waals surface area contributed by atoms with E-state index in [2.05, 4.69) is 5.32 Å². The van der Waals surface area contributed by atoms with Gasteiger partial charge in [-0.15, -0.1) is 0 Å². The highest BCUT2D eigenvalue weighted by Crippen LogP contribution is 2.51. The van der Waals surface area contributed by atoms with Crippen molar-refractivity contribution in [3.63, 3.8) is 0 Å². The number of carbonyl (C=O) groups excluding carboxylic acids is 1. The summed E-state index contributed by atoms with van der Waals surface area (Å²) in [7, 11) is 0. The van der Waals surface area contributed by atoms with E-state index in [0.717, 1.165) is 52.1 Å². The molecule has 1 aliphatic heterocycles. The Morgan fingerprint density at radius 1 is 1.00 bits per heavy atom. The molecule has 0 bridgehead atoms. The minimum atomic E-state index is -0.514. The number of hydrogen-bond donors (Lipinski definition) is 2. The maximum absolute atomic E-state index is 13.3. The van der Waals surface area contributed by atoms with Crippen LogP contribution in [-0.2, 0) is 16.8 Å². The number of aliphatic hydroxyl groups excluding tert-OH is 1. The average molecular weight is 401 g/mol. The van der Waals surface area contributed by atoms with Crippen molar-refractivity contribution >= 4 is 11.6 Å². The predicted octanol–water partition coefficient (Wildman–Crippen LogP) is 4.55. The normalized spacial score (nSPS) is 15.7. The summed E-state index contributed by atoms with van der Waals surface area (Å²) in [6, 6.07) is 19.6. The molecule has 1 aliphatic carbocycles. The summed E-state index contributed by atoms with van der Waals surface area (Å²) < 4.78 is 10.9. The summed E-state index contributed by atoms with van der Waals surface area (Å²) >= 11 is 0. The number of anilines is 1. The molecule has 1 fully saturated rings. The second-order valence-electron chi connectivity index (χ2n) is 7.99. The van der Waals surface area contributed by atoms with Gasteiger partial charge < -0.3 is 19.9 Å². The molecule has 5 heteroatoms. The van der Waals surface area contributed by atoms with Crippen molar-refractivity contribution in [3.8, 4) is 22.6 Å². The monoisotopic (exact) mass is 401 g/mol. The molecule has 3 aromatic carbocycles. The van der Waals surface area contributed by atoms with Crippen LogP contribution in [0.5, 0.6) is 11.5 Å². The molecule has 0 spiro atoms. The lowest BCUT2D eigenvalue weighted by molar-refractivity contribution is -0.118. The highest BCUT2D eigenvalue weighted by Gasteiger charge is 2.51. The van der Waals surface area contributed by atoms with Gasteiger partial charge in [0.05, 0.1) is 12.0 Å². The minimum absolute atomic E-state index is 0.00134. The molecular formula is C25H23NO4. The third-order valence-electron chi connectivity index (χ3n) is 6.04. The summed E-state index contributed by atoms with van der Waals surface area (Å²) in [6.07, 6.45) is 1.63. The van der Waals surface area contributed by atoms with Gasteiger partial charge in [-0.05, 0) is 71.8 Å². The Kier molecular flexibility index (Phi) is 4.48. The zero-order chi connectivity index (χ0) is 20.7. The first-order chi connectivity index (χ1) is 14.6. The lowest BCUT2D eigenvalue weighted by atomic mass is 9.94. The quantitative estimate of drug-likeness (QED) is 0.658. The van der Waals surface area contributed by atoms with E-state index in [1.807, 2.05) is 67.6 Å². The van der Waals surface area contributed by atoms with Gasteiger partial charge in [0.2, 0.25) is 12.7 Å². The number of hydrogen-bond acceptors (Lipinski definition) is 4. The van der Waals surface area contributed by atoms with Gasteiger partial charge in [0.1, 0.15) is 0 Å². The molecule has 0 atom stereocenters. The number of amides is 1. The predicted molar refractivity (Wildman–Crippen MR) is 115 cm³/mol. The third-order valence-corrected chi connectivity index (χ3v) is 6.04. The molecule has 0 unspecified atom stereocenters. The highest BCUT2D eigenvalue weighted by molar-refractivity contribution is 6.02. The van der Waals surface area contributed by atoms with E-state index in [0.29, 0.717) is 5.75 Å². The van der Waals surface area contributed by atoms with Crippen molar-refractivity contribution in [1.29, 1.82) is 0 Å². The van der Waals surface area contributed by atoms with Crippen LogP contribution in [0.1, 0.15) is 29.5 Å². The number of benzene rings is 3. The molecule has 5 rings (SSSR count). The number of rotatable bonds is 5. The maximum Gasteiger partial charge on any atom is 0.235 e. The zero-order valence-electron chi connectivity index (χ0n) is 16.8. The summed E-state index contributed by atoms with van der Waals surface area (Å²) in [5, 5.41) is 12.6. The number of fused-ring (bicyclic) bond motifs is 1. The molecular weight excluding hydrogens is 378 g/mol. The maximum atomic E-state index is 13.3. The van der Waals surface area contributed by atoms with Gasteiger partial charge in [0.15, 0.2) is 11.5 Å². The molecule has 5 nitrogen and oxygen atoms in total. The van der Waals surface area contributed by atoms with E-state index >= 15 is 0 Å². The Morgan fingerprint density at radius 2 is 1.80 bits per heavy atom.